The lowest BCUT2D eigenvalue weighted by molar-refractivity contribution is 0.189. The molecule has 1 N–H and O–H groups in total. The zero-order valence-corrected chi connectivity index (χ0v) is 14.1. The summed E-state index contributed by atoms with van der Waals surface area (Å²) in [5.41, 5.74) is 3.04. The molecule has 2 aliphatic heterocycles. The Hall–Kier alpha value is -2.60. The van der Waals surface area contributed by atoms with E-state index in [1.165, 1.54) is 0 Å². The number of para-hydroxylation sites is 2. The first kappa shape index (κ1) is 15.9. The molecule has 0 saturated carbocycles. The second-order valence-corrected chi connectivity index (χ2v) is 6.39. The second-order valence-electron chi connectivity index (χ2n) is 6.39. The number of benzene rings is 1. The van der Waals surface area contributed by atoms with Crippen LogP contribution in [0.4, 0.5) is 16.2 Å². The molecule has 25 heavy (non-hydrogen) atoms. The van der Waals surface area contributed by atoms with E-state index in [0.717, 1.165) is 43.2 Å². The Kier molecular flexibility index (Phi) is 4.52. The quantitative estimate of drug-likeness (QED) is 0.934. The maximum absolute atomic E-state index is 12.7. The van der Waals surface area contributed by atoms with Gasteiger partial charge in [0.05, 0.1) is 36.3 Å². The third kappa shape index (κ3) is 3.44. The van der Waals surface area contributed by atoms with E-state index in [1.807, 2.05) is 47.5 Å². The van der Waals surface area contributed by atoms with Gasteiger partial charge in [-0.1, -0.05) is 18.2 Å². The van der Waals surface area contributed by atoms with Crippen LogP contribution in [0.1, 0.15) is 12.1 Å². The van der Waals surface area contributed by atoms with Crippen molar-refractivity contribution >= 4 is 17.4 Å². The van der Waals surface area contributed by atoms with Crippen molar-refractivity contribution in [1.82, 2.24) is 10.3 Å². The molecule has 0 radical (unpaired) electrons. The van der Waals surface area contributed by atoms with Crippen LogP contribution < -0.4 is 15.1 Å². The number of carbonyl (C=O) groups excluding carboxylic acids is 1. The number of urea groups is 1. The van der Waals surface area contributed by atoms with Gasteiger partial charge in [-0.15, -0.1) is 0 Å². The van der Waals surface area contributed by atoms with Gasteiger partial charge in [0.1, 0.15) is 0 Å². The van der Waals surface area contributed by atoms with E-state index in [0.29, 0.717) is 13.2 Å². The van der Waals surface area contributed by atoms with Crippen molar-refractivity contribution in [3.05, 3.63) is 54.4 Å². The highest BCUT2D eigenvalue weighted by atomic mass is 16.5. The predicted octanol–water partition coefficient (Wildman–Crippen LogP) is 2.41. The lowest BCUT2D eigenvalue weighted by Gasteiger charge is -2.37. The number of carbonyl (C=O) groups is 1. The molecule has 2 amide bonds. The number of fused-ring (bicyclic) bond motifs is 1. The number of aromatic nitrogens is 1. The van der Waals surface area contributed by atoms with Crippen molar-refractivity contribution in [2.24, 2.45) is 0 Å². The van der Waals surface area contributed by atoms with Gasteiger partial charge in [-0.2, -0.15) is 0 Å². The van der Waals surface area contributed by atoms with E-state index in [9.17, 15) is 4.79 Å². The highest BCUT2D eigenvalue weighted by Gasteiger charge is 2.28. The number of nitrogens with one attached hydrogen (secondary N) is 1. The number of rotatable bonds is 3. The third-order valence-electron chi connectivity index (χ3n) is 4.69. The van der Waals surface area contributed by atoms with Gasteiger partial charge >= 0.3 is 6.03 Å². The molecular formula is C19H22N4O2. The molecule has 4 rings (SSSR count). The molecule has 2 aromatic rings. The number of anilines is 2. The van der Waals surface area contributed by atoms with Crippen LogP contribution >= 0.6 is 0 Å². The molecule has 1 fully saturated rings. The molecular weight excluding hydrogens is 316 g/mol. The van der Waals surface area contributed by atoms with Crippen molar-refractivity contribution in [1.29, 1.82) is 0 Å². The summed E-state index contributed by atoms with van der Waals surface area (Å²) in [7, 11) is 0. The third-order valence-corrected chi connectivity index (χ3v) is 4.69. The van der Waals surface area contributed by atoms with Gasteiger partial charge in [-0.25, -0.2) is 4.79 Å². The molecule has 0 unspecified atom stereocenters. The Bertz CT molecular complexity index is 731. The Morgan fingerprint density at radius 2 is 2.00 bits per heavy atom. The van der Waals surface area contributed by atoms with Crippen molar-refractivity contribution in [2.75, 3.05) is 36.1 Å². The molecule has 0 bridgehead atoms. The van der Waals surface area contributed by atoms with Crippen LogP contribution in [0.15, 0.2) is 48.7 Å². The normalized spacial score (nSPS) is 19.6. The van der Waals surface area contributed by atoms with Crippen LogP contribution in [-0.2, 0) is 11.3 Å². The van der Waals surface area contributed by atoms with Gasteiger partial charge in [0, 0.05) is 25.9 Å². The van der Waals surface area contributed by atoms with E-state index in [1.54, 1.807) is 0 Å². The zero-order valence-electron chi connectivity index (χ0n) is 14.1. The van der Waals surface area contributed by atoms with Gasteiger partial charge in [0.15, 0.2) is 0 Å². The summed E-state index contributed by atoms with van der Waals surface area (Å²) in [6, 6.07) is 14.1. The van der Waals surface area contributed by atoms with Gasteiger partial charge in [-0.3, -0.25) is 9.88 Å². The van der Waals surface area contributed by atoms with Crippen LogP contribution in [0.5, 0.6) is 0 Å². The molecule has 1 saturated heterocycles. The first-order valence-electron chi connectivity index (χ1n) is 8.71. The largest absolute Gasteiger partial charge is 0.379 e. The number of amides is 2. The van der Waals surface area contributed by atoms with Crippen LogP contribution in [-0.4, -0.2) is 43.4 Å². The van der Waals surface area contributed by atoms with Crippen LogP contribution in [0.2, 0.25) is 0 Å². The fourth-order valence-corrected chi connectivity index (χ4v) is 3.38. The minimum Gasteiger partial charge on any atom is -0.379 e. The molecule has 1 aromatic carbocycles. The summed E-state index contributed by atoms with van der Waals surface area (Å²) in [5.74, 6) is 0. The van der Waals surface area contributed by atoms with E-state index in [4.69, 9.17) is 4.74 Å². The van der Waals surface area contributed by atoms with Crippen molar-refractivity contribution in [3.8, 4) is 0 Å². The van der Waals surface area contributed by atoms with Crippen LogP contribution in [0, 0.1) is 0 Å². The van der Waals surface area contributed by atoms with Crippen molar-refractivity contribution in [2.45, 2.75) is 19.0 Å². The maximum atomic E-state index is 12.7. The van der Waals surface area contributed by atoms with Gasteiger partial charge in [-0.05, 0) is 30.7 Å². The highest BCUT2D eigenvalue weighted by molar-refractivity contribution is 5.97. The molecule has 0 aliphatic carbocycles. The summed E-state index contributed by atoms with van der Waals surface area (Å²) in [6.07, 6.45) is 2.70. The van der Waals surface area contributed by atoms with E-state index >= 15 is 0 Å². The summed E-state index contributed by atoms with van der Waals surface area (Å²) in [5, 5.41) is 3.09. The van der Waals surface area contributed by atoms with Crippen LogP contribution in [0.3, 0.4) is 0 Å². The minimum absolute atomic E-state index is 0.0413. The van der Waals surface area contributed by atoms with Crippen molar-refractivity contribution in [3.63, 3.8) is 0 Å². The number of nitrogens with zero attached hydrogens (tertiary/aromatic N) is 3. The fourth-order valence-electron chi connectivity index (χ4n) is 3.38. The molecule has 1 aromatic heterocycles. The topological polar surface area (TPSA) is 57.7 Å². The van der Waals surface area contributed by atoms with E-state index in [-0.39, 0.29) is 12.1 Å². The predicted molar refractivity (Wildman–Crippen MR) is 96.8 cm³/mol. The maximum Gasteiger partial charge on any atom is 0.322 e. The Morgan fingerprint density at radius 3 is 2.76 bits per heavy atom. The molecule has 3 heterocycles. The zero-order chi connectivity index (χ0) is 17.1. The standard InChI is InChI=1S/C19H22N4O2/c24-19(21-16-8-12-25-14-16)23-11-10-22(13-15-5-3-4-9-20-15)17-6-1-2-7-18(17)23/h1-7,9,16H,8,10-14H2,(H,21,24)/t16-/m1/s1. The first-order valence-corrected chi connectivity index (χ1v) is 8.71. The van der Waals surface area contributed by atoms with Gasteiger partial charge in [0.2, 0.25) is 0 Å². The molecule has 0 spiro atoms. The summed E-state index contributed by atoms with van der Waals surface area (Å²) < 4.78 is 5.35. The first-order chi connectivity index (χ1) is 12.3. The Labute approximate surface area is 147 Å². The molecule has 1 atom stereocenters. The lowest BCUT2D eigenvalue weighted by Crippen LogP contribution is -2.50. The summed E-state index contributed by atoms with van der Waals surface area (Å²) in [4.78, 5) is 21.2. The van der Waals surface area contributed by atoms with Gasteiger partial charge < -0.3 is 15.0 Å². The van der Waals surface area contributed by atoms with Crippen LogP contribution in [0.25, 0.3) is 0 Å². The lowest BCUT2D eigenvalue weighted by atomic mass is 10.1. The van der Waals surface area contributed by atoms with Crippen molar-refractivity contribution < 1.29 is 9.53 Å². The summed E-state index contributed by atoms with van der Waals surface area (Å²) >= 11 is 0. The smallest absolute Gasteiger partial charge is 0.322 e. The van der Waals surface area contributed by atoms with E-state index in [2.05, 4.69) is 21.3 Å². The molecule has 2 aliphatic rings. The SMILES string of the molecule is O=C(N[C@@H]1CCOC1)N1CCN(Cc2ccccn2)c2ccccc21. The number of hydrogen-bond acceptors (Lipinski definition) is 4. The second kappa shape index (κ2) is 7.11. The number of ether oxygens (including phenoxy) is 1. The molecule has 6 nitrogen and oxygen atoms in total. The average molecular weight is 338 g/mol. The summed E-state index contributed by atoms with van der Waals surface area (Å²) in [6.45, 7) is 3.50. The number of hydrogen-bond donors (Lipinski definition) is 1. The van der Waals surface area contributed by atoms with Gasteiger partial charge in [0.25, 0.3) is 0 Å². The monoisotopic (exact) mass is 338 g/mol. The highest BCUT2D eigenvalue weighted by Crippen LogP contribution is 2.33. The fraction of sp³-hybridized carbons (Fsp3) is 0.368. The molecule has 130 valence electrons. The Balaban J connectivity index is 1.53. The average Bonchev–Trinajstić information content (AvgIpc) is 3.16. The van der Waals surface area contributed by atoms with E-state index < -0.39 is 0 Å². The Morgan fingerprint density at radius 1 is 1.16 bits per heavy atom. The minimum atomic E-state index is -0.0413. The molecule has 6 heteroatoms. The number of pyridine rings is 1.